The lowest BCUT2D eigenvalue weighted by molar-refractivity contribution is 0.0239. The molecule has 1 aliphatic rings. The molecule has 0 bridgehead atoms. The van der Waals surface area contributed by atoms with Crippen molar-refractivity contribution in [3.05, 3.63) is 152 Å². The second-order valence-corrected chi connectivity index (χ2v) is 12.6. The van der Waals surface area contributed by atoms with Gasteiger partial charge in [0.15, 0.2) is 0 Å². The maximum Gasteiger partial charge on any atom is 0.341 e. The van der Waals surface area contributed by atoms with E-state index in [1.807, 2.05) is 79.0 Å². The second-order valence-electron chi connectivity index (χ2n) is 11.1. The lowest BCUT2D eigenvalue weighted by Gasteiger charge is -2.33. The van der Waals surface area contributed by atoms with Crippen molar-refractivity contribution in [2.45, 2.75) is 19.4 Å². The Morgan fingerprint density at radius 1 is 0.652 bits per heavy atom. The minimum Gasteiger partial charge on any atom is -0.439 e. The Hall–Kier alpha value is -3.93. The van der Waals surface area contributed by atoms with Crippen molar-refractivity contribution < 1.29 is 9.53 Å². The van der Waals surface area contributed by atoms with Gasteiger partial charge in [0.2, 0.25) is 5.60 Å². The van der Waals surface area contributed by atoms with Gasteiger partial charge in [0.25, 0.3) is 0 Å². The van der Waals surface area contributed by atoms with Crippen LogP contribution in [0.25, 0.3) is 27.8 Å². The van der Waals surface area contributed by atoms with Crippen molar-refractivity contribution in [3.63, 3.8) is 0 Å². The summed E-state index contributed by atoms with van der Waals surface area (Å²) in [6.45, 7) is 5.92. The third kappa shape index (κ3) is 4.54. The van der Waals surface area contributed by atoms with Gasteiger partial charge in [-0.2, -0.15) is 0 Å². The van der Waals surface area contributed by atoms with Gasteiger partial charge in [0, 0.05) is 47.2 Å². The molecule has 0 amide bonds. The van der Waals surface area contributed by atoms with Gasteiger partial charge in [-0.1, -0.05) is 125 Å². The summed E-state index contributed by atoms with van der Waals surface area (Å²) >= 11 is 27.3. The highest BCUT2D eigenvalue weighted by atomic mass is 35.5. The molecule has 46 heavy (non-hydrogen) atoms. The predicted octanol–water partition coefficient (Wildman–Crippen LogP) is 11.2. The number of nitrogens with zero attached hydrogens (tertiary/aromatic N) is 2. The van der Waals surface area contributed by atoms with Crippen LogP contribution in [0.5, 0.6) is 0 Å². The summed E-state index contributed by atoms with van der Waals surface area (Å²) in [5.41, 5.74) is 6.03. The van der Waals surface area contributed by atoms with E-state index in [1.54, 1.807) is 0 Å². The third-order valence-electron chi connectivity index (χ3n) is 8.77. The molecular formula is C38H28Cl4N2O2. The number of pyridine rings is 1. The van der Waals surface area contributed by atoms with Crippen LogP contribution in [0.4, 0.5) is 5.69 Å². The van der Waals surface area contributed by atoms with Crippen LogP contribution in [0.15, 0.2) is 109 Å². The number of benzene rings is 4. The Balaban J connectivity index is 1.70. The molecule has 0 saturated heterocycles. The quantitative estimate of drug-likeness (QED) is 0.0952. The Bertz CT molecular complexity index is 2110. The SMILES string of the molecule is CCN(CC)c1ccc(C2(c3c(-c4ccccc4)c(-c4ccccc4)c4ccccn34)OC(=O)c3c(Cl)c(Cl)c(Cl)c(Cl)c32)cc1. The van der Waals surface area contributed by atoms with E-state index in [-0.39, 0.29) is 25.7 Å². The van der Waals surface area contributed by atoms with E-state index >= 15 is 0 Å². The number of halogens is 4. The molecule has 0 spiro atoms. The molecule has 0 aliphatic carbocycles. The smallest absolute Gasteiger partial charge is 0.341 e. The number of fused-ring (bicyclic) bond motifs is 2. The zero-order chi connectivity index (χ0) is 32.2. The van der Waals surface area contributed by atoms with Crippen LogP contribution in [0.1, 0.15) is 41.0 Å². The third-order valence-corrected chi connectivity index (χ3v) is 10.6. The molecule has 0 N–H and O–H groups in total. The van der Waals surface area contributed by atoms with Crippen LogP contribution in [0.2, 0.25) is 20.1 Å². The first-order valence-corrected chi connectivity index (χ1v) is 16.5. The molecule has 6 aromatic rings. The number of anilines is 1. The fourth-order valence-corrected chi connectivity index (χ4v) is 7.80. The van der Waals surface area contributed by atoms with Crippen LogP contribution >= 0.6 is 46.4 Å². The van der Waals surface area contributed by atoms with E-state index in [2.05, 4.69) is 53.5 Å². The molecule has 3 heterocycles. The number of esters is 1. The lowest BCUT2D eigenvalue weighted by atomic mass is 9.79. The van der Waals surface area contributed by atoms with E-state index in [0.29, 0.717) is 16.8 Å². The number of hydrogen-bond donors (Lipinski definition) is 0. The topological polar surface area (TPSA) is 34.0 Å². The number of ether oxygens (including phenoxy) is 1. The summed E-state index contributed by atoms with van der Waals surface area (Å²) in [5.74, 6) is -0.639. The second kappa shape index (κ2) is 12.0. The van der Waals surface area contributed by atoms with Crippen LogP contribution in [-0.4, -0.2) is 23.5 Å². The molecule has 0 fully saturated rings. The molecule has 2 aromatic heterocycles. The molecule has 8 heteroatoms. The average Bonchev–Trinajstić information content (AvgIpc) is 3.61. The number of hydrogen-bond acceptors (Lipinski definition) is 3. The summed E-state index contributed by atoms with van der Waals surface area (Å²) in [7, 11) is 0. The summed E-state index contributed by atoms with van der Waals surface area (Å²) in [4.78, 5) is 16.4. The van der Waals surface area contributed by atoms with Crippen molar-refractivity contribution in [2.75, 3.05) is 18.0 Å². The predicted molar refractivity (Wildman–Crippen MR) is 190 cm³/mol. The van der Waals surface area contributed by atoms with Gasteiger partial charge in [-0.15, -0.1) is 0 Å². The fraction of sp³-hybridized carbons (Fsp3) is 0.132. The maximum absolute atomic E-state index is 14.1. The van der Waals surface area contributed by atoms with Crippen molar-refractivity contribution >= 4 is 63.6 Å². The average molecular weight is 686 g/mol. The molecule has 7 rings (SSSR count). The zero-order valence-electron chi connectivity index (χ0n) is 25.0. The van der Waals surface area contributed by atoms with E-state index in [9.17, 15) is 4.79 Å². The molecule has 1 aliphatic heterocycles. The minimum atomic E-state index is -1.56. The highest BCUT2D eigenvalue weighted by Crippen LogP contribution is 2.58. The Kier molecular flexibility index (Phi) is 8.02. The number of carbonyl (C=O) groups excluding carboxylic acids is 1. The standard InChI is InChI=1S/C38H28Cl4N2O2/c1-3-43(4-2)26-20-18-25(19-21-26)38(31-30(37(45)46-38)32(39)34(41)35(42)33(31)40)36-29(24-15-9-6-10-16-24)28(23-13-7-5-8-14-23)27-17-11-12-22-44(27)36/h5-22H,3-4H2,1-2H3. The molecule has 4 nitrogen and oxygen atoms in total. The summed E-state index contributed by atoms with van der Waals surface area (Å²) in [6.07, 6.45) is 1.98. The van der Waals surface area contributed by atoms with Crippen molar-refractivity contribution in [1.29, 1.82) is 0 Å². The van der Waals surface area contributed by atoms with Crippen LogP contribution in [0, 0.1) is 0 Å². The van der Waals surface area contributed by atoms with Gasteiger partial charge in [-0.3, -0.25) is 0 Å². The molecular weight excluding hydrogens is 658 g/mol. The first kappa shape index (κ1) is 30.7. The van der Waals surface area contributed by atoms with E-state index in [0.717, 1.165) is 46.5 Å². The minimum absolute atomic E-state index is 0.00288. The van der Waals surface area contributed by atoms with Gasteiger partial charge < -0.3 is 14.0 Å². The summed E-state index contributed by atoms with van der Waals surface area (Å²) in [5, 5.41) is 0.170. The van der Waals surface area contributed by atoms with Crippen molar-refractivity contribution in [3.8, 4) is 22.3 Å². The number of rotatable bonds is 7. The van der Waals surface area contributed by atoms with Gasteiger partial charge >= 0.3 is 5.97 Å². The Labute approximate surface area is 287 Å². The molecule has 0 saturated carbocycles. The van der Waals surface area contributed by atoms with E-state index in [4.69, 9.17) is 51.1 Å². The number of cyclic esters (lactones) is 1. The molecule has 1 unspecified atom stereocenters. The highest BCUT2D eigenvalue weighted by Gasteiger charge is 2.55. The first-order chi connectivity index (χ1) is 22.3. The van der Waals surface area contributed by atoms with Gasteiger partial charge in [0.05, 0.1) is 36.9 Å². The van der Waals surface area contributed by atoms with Crippen molar-refractivity contribution in [1.82, 2.24) is 4.40 Å². The normalized spacial score (nSPS) is 15.7. The van der Waals surface area contributed by atoms with E-state index < -0.39 is 11.6 Å². The molecule has 1 atom stereocenters. The Morgan fingerprint density at radius 3 is 1.83 bits per heavy atom. The number of carbonyl (C=O) groups is 1. The van der Waals surface area contributed by atoms with Crippen LogP contribution in [-0.2, 0) is 10.3 Å². The van der Waals surface area contributed by atoms with Gasteiger partial charge in [-0.25, -0.2) is 4.79 Å². The van der Waals surface area contributed by atoms with Crippen molar-refractivity contribution in [2.24, 2.45) is 0 Å². The maximum atomic E-state index is 14.1. The van der Waals surface area contributed by atoms with E-state index in [1.165, 1.54) is 0 Å². The fourth-order valence-electron chi connectivity index (χ4n) is 6.73. The number of aromatic nitrogens is 1. The monoisotopic (exact) mass is 684 g/mol. The molecule has 230 valence electrons. The Morgan fingerprint density at radius 2 is 1.22 bits per heavy atom. The van der Waals surface area contributed by atoms with Crippen LogP contribution in [0.3, 0.4) is 0 Å². The first-order valence-electron chi connectivity index (χ1n) is 15.0. The summed E-state index contributed by atoms with van der Waals surface area (Å²) in [6, 6.07) is 34.4. The zero-order valence-corrected chi connectivity index (χ0v) is 28.1. The summed E-state index contributed by atoms with van der Waals surface area (Å²) < 4.78 is 8.76. The molecule has 0 radical (unpaired) electrons. The lowest BCUT2D eigenvalue weighted by Crippen LogP contribution is -2.32. The molecule has 4 aromatic carbocycles. The highest BCUT2D eigenvalue weighted by molar-refractivity contribution is 6.53. The van der Waals surface area contributed by atoms with Gasteiger partial charge in [0.1, 0.15) is 0 Å². The van der Waals surface area contributed by atoms with Gasteiger partial charge in [-0.05, 0) is 49.2 Å². The largest absolute Gasteiger partial charge is 0.439 e. The van der Waals surface area contributed by atoms with Crippen LogP contribution < -0.4 is 4.90 Å².